The van der Waals surface area contributed by atoms with Crippen molar-refractivity contribution in [2.75, 3.05) is 18.1 Å². The van der Waals surface area contributed by atoms with E-state index in [1.54, 1.807) is 16.7 Å². The first-order valence-corrected chi connectivity index (χ1v) is 6.97. The number of nitrogens with zero attached hydrogens (tertiary/aromatic N) is 1. The summed E-state index contributed by atoms with van der Waals surface area (Å²) in [5.41, 5.74) is 0. The third-order valence-corrected chi connectivity index (χ3v) is 3.98. The van der Waals surface area contributed by atoms with Gasteiger partial charge in [0.15, 0.2) is 11.0 Å². The maximum atomic E-state index is 12.2. The molecule has 2 rings (SSSR count). The van der Waals surface area contributed by atoms with Crippen LogP contribution in [0.2, 0.25) is 5.22 Å². The van der Waals surface area contributed by atoms with Gasteiger partial charge in [0, 0.05) is 18.1 Å². The van der Waals surface area contributed by atoms with E-state index in [4.69, 9.17) is 21.1 Å². The normalized spacial score (nSPS) is 19.8. The Balaban J connectivity index is 2.13. The van der Waals surface area contributed by atoms with Crippen LogP contribution >= 0.6 is 23.4 Å². The molecule has 1 amide bonds. The van der Waals surface area contributed by atoms with Crippen molar-refractivity contribution in [1.29, 1.82) is 0 Å². The summed E-state index contributed by atoms with van der Waals surface area (Å²) >= 11 is 7.28. The Hall–Kier alpha value is -1.14. The number of hydrogen-bond donors (Lipinski definition) is 1. The van der Waals surface area contributed by atoms with Gasteiger partial charge in [-0.15, -0.1) is 0 Å². The Morgan fingerprint density at radius 2 is 2.33 bits per heavy atom. The fraction of sp³-hybridized carbons (Fsp3) is 0.455. The van der Waals surface area contributed by atoms with Crippen LogP contribution in [0, 0.1) is 0 Å². The number of rotatable bonds is 3. The van der Waals surface area contributed by atoms with Crippen molar-refractivity contribution in [3.63, 3.8) is 0 Å². The molecule has 98 valence electrons. The van der Waals surface area contributed by atoms with Gasteiger partial charge in [-0.1, -0.05) is 0 Å². The van der Waals surface area contributed by atoms with E-state index in [1.165, 1.54) is 12.1 Å². The topological polar surface area (TPSA) is 70.8 Å². The summed E-state index contributed by atoms with van der Waals surface area (Å²) in [6.07, 6.45) is -0.0484. The number of carboxylic acid groups (broad SMARTS) is 1. The lowest BCUT2D eigenvalue weighted by Gasteiger charge is -2.33. The van der Waals surface area contributed by atoms with E-state index in [-0.39, 0.29) is 29.3 Å². The average Bonchev–Trinajstić information content (AvgIpc) is 2.75. The van der Waals surface area contributed by atoms with E-state index in [0.29, 0.717) is 12.3 Å². The number of hydrogen-bond acceptors (Lipinski definition) is 4. The maximum absolute atomic E-state index is 12.2. The molecule has 18 heavy (non-hydrogen) atoms. The van der Waals surface area contributed by atoms with Crippen LogP contribution < -0.4 is 0 Å². The van der Waals surface area contributed by atoms with E-state index in [2.05, 4.69) is 0 Å². The standard InChI is InChI=1S/C11H12ClNO4S/c12-9-2-1-8(17-9)11(16)13-3-4-18-6-7(13)5-10(14)15/h1-2,7H,3-6H2,(H,14,15). The number of thioether (sulfide) groups is 1. The molecule has 0 saturated carbocycles. The second-order valence-electron chi connectivity index (χ2n) is 3.93. The SMILES string of the molecule is O=C(O)CC1CSCCN1C(=O)c1ccc(Cl)o1. The Morgan fingerprint density at radius 1 is 1.56 bits per heavy atom. The second-order valence-corrected chi connectivity index (χ2v) is 5.45. The third-order valence-electron chi connectivity index (χ3n) is 2.68. The predicted molar refractivity (Wildman–Crippen MR) is 68.1 cm³/mol. The van der Waals surface area contributed by atoms with Crippen molar-refractivity contribution in [2.24, 2.45) is 0 Å². The summed E-state index contributed by atoms with van der Waals surface area (Å²) in [6, 6.07) is 2.71. The quantitative estimate of drug-likeness (QED) is 0.921. The van der Waals surface area contributed by atoms with E-state index < -0.39 is 5.97 Å². The Kier molecular flexibility index (Phi) is 4.19. The highest BCUT2D eigenvalue weighted by molar-refractivity contribution is 7.99. The number of carboxylic acids is 1. The molecule has 1 saturated heterocycles. The highest BCUT2D eigenvalue weighted by atomic mass is 35.5. The van der Waals surface area contributed by atoms with Gasteiger partial charge in [-0.2, -0.15) is 11.8 Å². The highest BCUT2D eigenvalue weighted by Crippen LogP contribution is 2.23. The number of halogens is 1. The van der Waals surface area contributed by atoms with E-state index >= 15 is 0 Å². The first-order chi connectivity index (χ1) is 8.58. The smallest absolute Gasteiger partial charge is 0.305 e. The highest BCUT2D eigenvalue weighted by Gasteiger charge is 2.30. The van der Waals surface area contributed by atoms with Crippen molar-refractivity contribution in [3.05, 3.63) is 23.1 Å². The van der Waals surface area contributed by atoms with Gasteiger partial charge in [0.05, 0.1) is 12.5 Å². The molecular weight excluding hydrogens is 278 g/mol. The molecule has 1 atom stereocenters. The first kappa shape index (κ1) is 13.3. The third kappa shape index (κ3) is 3.00. The molecule has 1 aromatic rings. The fourth-order valence-corrected chi connectivity index (χ4v) is 3.07. The van der Waals surface area contributed by atoms with Gasteiger partial charge in [0.2, 0.25) is 0 Å². The van der Waals surface area contributed by atoms with Crippen molar-refractivity contribution < 1.29 is 19.1 Å². The van der Waals surface area contributed by atoms with Gasteiger partial charge in [-0.05, 0) is 23.7 Å². The molecule has 0 aromatic carbocycles. The fourth-order valence-electron chi connectivity index (χ4n) is 1.86. The van der Waals surface area contributed by atoms with Crippen LogP contribution in [-0.2, 0) is 4.79 Å². The average molecular weight is 290 g/mol. The molecule has 1 N–H and O–H groups in total. The molecule has 1 unspecified atom stereocenters. The van der Waals surface area contributed by atoms with Crippen LogP contribution in [-0.4, -0.2) is 46.0 Å². The lowest BCUT2D eigenvalue weighted by molar-refractivity contribution is -0.138. The monoisotopic (exact) mass is 289 g/mol. The number of carbonyl (C=O) groups excluding carboxylic acids is 1. The van der Waals surface area contributed by atoms with Crippen LogP contribution in [0.3, 0.4) is 0 Å². The first-order valence-electron chi connectivity index (χ1n) is 5.44. The second kappa shape index (κ2) is 5.67. The van der Waals surface area contributed by atoms with Crippen molar-refractivity contribution in [2.45, 2.75) is 12.5 Å². The van der Waals surface area contributed by atoms with Gasteiger partial charge < -0.3 is 14.4 Å². The predicted octanol–water partition coefficient (Wildman–Crippen LogP) is 1.97. The molecule has 0 aliphatic carbocycles. The Bertz CT molecular complexity index is 462. The molecular formula is C11H12ClNO4S. The Labute approximate surface area is 113 Å². The Morgan fingerprint density at radius 3 is 2.94 bits per heavy atom. The molecule has 1 aromatic heterocycles. The minimum absolute atomic E-state index is 0.0484. The summed E-state index contributed by atoms with van der Waals surface area (Å²) in [4.78, 5) is 24.5. The number of amides is 1. The lowest BCUT2D eigenvalue weighted by atomic mass is 10.2. The largest absolute Gasteiger partial charge is 0.481 e. The van der Waals surface area contributed by atoms with Gasteiger partial charge >= 0.3 is 5.97 Å². The van der Waals surface area contributed by atoms with Crippen molar-refractivity contribution in [1.82, 2.24) is 4.90 Å². The van der Waals surface area contributed by atoms with Crippen molar-refractivity contribution >= 4 is 35.2 Å². The molecule has 0 bridgehead atoms. The van der Waals surface area contributed by atoms with Crippen LogP contribution in [0.15, 0.2) is 16.5 Å². The summed E-state index contributed by atoms with van der Waals surface area (Å²) in [6.45, 7) is 0.528. The van der Waals surface area contributed by atoms with Gasteiger partial charge in [0.1, 0.15) is 0 Å². The maximum Gasteiger partial charge on any atom is 0.305 e. The van der Waals surface area contributed by atoms with Crippen LogP contribution in [0.5, 0.6) is 0 Å². The summed E-state index contributed by atoms with van der Waals surface area (Å²) in [5.74, 6) is 0.386. The summed E-state index contributed by atoms with van der Waals surface area (Å²) in [5, 5.41) is 9.00. The summed E-state index contributed by atoms with van der Waals surface area (Å²) in [7, 11) is 0. The zero-order chi connectivity index (χ0) is 13.1. The lowest BCUT2D eigenvalue weighted by Crippen LogP contribution is -2.47. The molecule has 2 heterocycles. The van der Waals surface area contributed by atoms with E-state index in [0.717, 1.165) is 5.75 Å². The van der Waals surface area contributed by atoms with Crippen LogP contribution in [0.1, 0.15) is 17.0 Å². The molecule has 1 aliphatic heterocycles. The van der Waals surface area contributed by atoms with Crippen LogP contribution in [0.25, 0.3) is 0 Å². The van der Waals surface area contributed by atoms with Gasteiger partial charge in [-0.3, -0.25) is 9.59 Å². The molecule has 1 fully saturated rings. The minimum Gasteiger partial charge on any atom is -0.481 e. The van der Waals surface area contributed by atoms with E-state index in [9.17, 15) is 9.59 Å². The van der Waals surface area contributed by atoms with Gasteiger partial charge in [-0.25, -0.2) is 0 Å². The molecule has 5 nitrogen and oxygen atoms in total. The number of aliphatic carboxylic acids is 1. The van der Waals surface area contributed by atoms with Crippen molar-refractivity contribution in [3.8, 4) is 0 Å². The number of carbonyl (C=O) groups is 2. The van der Waals surface area contributed by atoms with Gasteiger partial charge in [0.25, 0.3) is 5.91 Å². The zero-order valence-electron chi connectivity index (χ0n) is 9.47. The molecule has 0 spiro atoms. The zero-order valence-corrected chi connectivity index (χ0v) is 11.0. The summed E-state index contributed by atoms with van der Waals surface area (Å²) < 4.78 is 5.07. The number of furan rings is 1. The minimum atomic E-state index is -0.905. The van der Waals surface area contributed by atoms with Crippen LogP contribution in [0.4, 0.5) is 0 Å². The molecule has 7 heteroatoms. The molecule has 1 aliphatic rings. The molecule has 0 radical (unpaired) electrons. The van der Waals surface area contributed by atoms with E-state index in [1.807, 2.05) is 0 Å².